The van der Waals surface area contributed by atoms with Crippen LogP contribution >= 0.6 is 0 Å². The first kappa shape index (κ1) is 17.5. The summed E-state index contributed by atoms with van der Waals surface area (Å²) in [6, 6.07) is 14.7. The maximum Gasteiger partial charge on any atom is 0.282 e. The Hall–Kier alpha value is -2.29. The molecule has 0 aliphatic carbocycles. The van der Waals surface area contributed by atoms with Crippen LogP contribution in [0.1, 0.15) is 5.56 Å². The summed E-state index contributed by atoms with van der Waals surface area (Å²) in [6.07, 6.45) is 0. The van der Waals surface area contributed by atoms with E-state index < -0.39 is 21.9 Å². The summed E-state index contributed by atoms with van der Waals surface area (Å²) < 4.78 is 40.7. The number of carbonyl (C=O) groups excluding carboxylic acids is 1. The zero-order valence-corrected chi connectivity index (χ0v) is 14.2. The van der Waals surface area contributed by atoms with E-state index in [1.165, 1.54) is 22.5 Å². The number of rotatable bonds is 5. The van der Waals surface area contributed by atoms with Crippen LogP contribution in [-0.4, -0.2) is 42.6 Å². The molecule has 1 saturated heterocycles. The lowest BCUT2D eigenvalue weighted by atomic mass is 10.2. The first-order valence-electron chi connectivity index (χ1n) is 7.80. The van der Waals surface area contributed by atoms with Gasteiger partial charge in [0.15, 0.2) is 0 Å². The van der Waals surface area contributed by atoms with Gasteiger partial charge in [-0.05, 0) is 23.8 Å². The molecule has 2 aromatic rings. The smallest absolute Gasteiger partial charge is 0.282 e. The van der Waals surface area contributed by atoms with Gasteiger partial charge in [0, 0.05) is 25.3 Å². The predicted octanol–water partition coefficient (Wildman–Crippen LogP) is 1.83. The molecule has 1 heterocycles. The van der Waals surface area contributed by atoms with Gasteiger partial charge in [-0.3, -0.25) is 4.79 Å². The molecule has 0 saturated carbocycles. The van der Waals surface area contributed by atoms with Crippen molar-refractivity contribution in [3.63, 3.8) is 0 Å². The van der Waals surface area contributed by atoms with Gasteiger partial charge in [-0.25, -0.2) is 4.39 Å². The van der Waals surface area contributed by atoms with Crippen LogP contribution in [0.5, 0.6) is 0 Å². The number of anilines is 1. The first-order chi connectivity index (χ1) is 11.9. The van der Waals surface area contributed by atoms with Gasteiger partial charge >= 0.3 is 0 Å². The van der Waals surface area contributed by atoms with Crippen molar-refractivity contribution in [1.82, 2.24) is 8.61 Å². The summed E-state index contributed by atoms with van der Waals surface area (Å²) in [4.78, 5) is 12.1. The number of hydrogen-bond donors (Lipinski definition) is 1. The number of carbonyl (C=O) groups is 1. The Bertz CT molecular complexity index is 858. The van der Waals surface area contributed by atoms with Crippen molar-refractivity contribution >= 4 is 21.8 Å². The van der Waals surface area contributed by atoms with Crippen molar-refractivity contribution in [2.24, 2.45) is 0 Å². The molecule has 0 unspecified atom stereocenters. The molecule has 0 atom stereocenters. The summed E-state index contributed by atoms with van der Waals surface area (Å²) in [7, 11) is -3.69. The molecule has 2 aromatic carbocycles. The molecule has 1 aliphatic rings. The maximum atomic E-state index is 13.1. The van der Waals surface area contributed by atoms with E-state index in [0.29, 0.717) is 12.2 Å². The summed E-state index contributed by atoms with van der Waals surface area (Å²) >= 11 is 0. The second-order valence-corrected chi connectivity index (χ2v) is 7.65. The quantitative estimate of drug-likeness (QED) is 0.881. The zero-order valence-electron chi connectivity index (χ0n) is 13.4. The Labute approximate surface area is 146 Å². The lowest BCUT2D eigenvalue weighted by Gasteiger charge is -2.18. The summed E-state index contributed by atoms with van der Waals surface area (Å²) in [6.45, 7) is 0.533. The molecule has 8 heteroatoms. The van der Waals surface area contributed by atoms with Gasteiger partial charge in [-0.2, -0.15) is 17.0 Å². The fourth-order valence-electron chi connectivity index (χ4n) is 2.65. The molecule has 0 spiro atoms. The van der Waals surface area contributed by atoms with Crippen LogP contribution in [0.2, 0.25) is 0 Å². The zero-order chi connectivity index (χ0) is 17.9. The van der Waals surface area contributed by atoms with Crippen LogP contribution in [0.4, 0.5) is 10.1 Å². The van der Waals surface area contributed by atoms with Gasteiger partial charge in [0.05, 0.1) is 6.54 Å². The summed E-state index contributed by atoms with van der Waals surface area (Å²) in [5, 5.41) is 2.51. The van der Waals surface area contributed by atoms with E-state index in [1.54, 1.807) is 6.07 Å². The van der Waals surface area contributed by atoms with Crippen LogP contribution in [0, 0.1) is 5.82 Å². The average Bonchev–Trinajstić information content (AvgIpc) is 2.83. The second kappa shape index (κ2) is 7.30. The highest BCUT2D eigenvalue weighted by atomic mass is 32.2. The van der Waals surface area contributed by atoms with E-state index in [0.717, 1.165) is 9.87 Å². The van der Waals surface area contributed by atoms with Crippen molar-refractivity contribution in [3.8, 4) is 0 Å². The van der Waals surface area contributed by atoms with Crippen LogP contribution in [0.15, 0.2) is 54.6 Å². The number of hydrogen-bond acceptors (Lipinski definition) is 3. The Morgan fingerprint density at radius 3 is 2.48 bits per heavy atom. The standard InChI is InChI=1S/C17H18FN3O3S/c18-15-7-4-8-16(11-15)19-17(22)13-21-10-9-20(25(21,23)24)12-14-5-2-1-3-6-14/h1-8,11H,9-10,12-13H2,(H,19,22). The van der Waals surface area contributed by atoms with Gasteiger partial charge < -0.3 is 5.32 Å². The third kappa shape index (κ3) is 4.22. The average molecular weight is 363 g/mol. The highest BCUT2D eigenvalue weighted by Crippen LogP contribution is 2.19. The van der Waals surface area contributed by atoms with Crippen molar-refractivity contribution in [2.75, 3.05) is 25.0 Å². The molecule has 6 nitrogen and oxygen atoms in total. The van der Waals surface area contributed by atoms with Gasteiger partial charge in [-0.1, -0.05) is 36.4 Å². The summed E-state index contributed by atoms with van der Waals surface area (Å²) in [5.74, 6) is -0.976. The molecule has 25 heavy (non-hydrogen) atoms. The first-order valence-corrected chi connectivity index (χ1v) is 9.19. The van der Waals surface area contributed by atoms with E-state index in [1.807, 2.05) is 30.3 Å². The third-order valence-electron chi connectivity index (χ3n) is 3.88. The lowest BCUT2D eigenvalue weighted by Crippen LogP contribution is -2.37. The number of halogens is 1. The maximum absolute atomic E-state index is 13.1. The van der Waals surface area contributed by atoms with Gasteiger partial charge in [0.1, 0.15) is 5.82 Å². The molecule has 3 rings (SSSR count). The van der Waals surface area contributed by atoms with Crippen LogP contribution in [0.3, 0.4) is 0 Å². The third-order valence-corrected chi connectivity index (χ3v) is 5.81. The molecule has 1 N–H and O–H groups in total. The predicted molar refractivity (Wildman–Crippen MR) is 92.4 cm³/mol. The molecule has 132 valence electrons. The molecule has 0 bridgehead atoms. The minimum absolute atomic E-state index is 0.242. The second-order valence-electron chi connectivity index (χ2n) is 5.72. The van der Waals surface area contributed by atoms with E-state index in [-0.39, 0.29) is 19.6 Å². The lowest BCUT2D eigenvalue weighted by molar-refractivity contribution is -0.116. The van der Waals surface area contributed by atoms with Gasteiger partial charge in [0.2, 0.25) is 5.91 Å². The fourth-order valence-corrected chi connectivity index (χ4v) is 4.20. The minimum atomic E-state index is -3.69. The molecule has 0 aromatic heterocycles. The van der Waals surface area contributed by atoms with E-state index in [4.69, 9.17) is 0 Å². The number of nitrogens with zero attached hydrogens (tertiary/aromatic N) is 2. The fraction of sp³-hybridized carbons (Fsp3) is 0.235. The van der Waals surface area contributed by atoms with Gasteiger partial charge in [-0.15, -0.1) is 0 Å². The number of nitrogens with one attached hydrogen (secondary N) is 1. The van der Waals surface area contributed by atoms with E-state index in [2.05, 4.69) is 5.32 Å². The summed E-state index contributed by atoms with van der Waals surface area (Å²) in [5.41, 5.74) is 1.18. The highest BCUT2D eigenvalue weighted by Gasteiger charge is 2.37. The monoisotopic (exact) mass is 363 g/mol. The molecular formula is C17H18FN3O3S. The van der Waals surface area contributed by atoms with Crippen molar-refractivity contribution < 1.29 is 17.6 Å². The Morgan fingerprint density at radius 1 is 1.04 bits per heavy atom. The largest absolute Gasteiger partial charge is 0.325 e. The molecule has 1 aliphatic heterocycles. The van der Waals surface area contributed by atoms with E-state index >= 15 is 0 Å². The Kier molecular flexibility index (Phi) is 5.12. The molecular weight excluding hydrogens is 345 g/mol. The molecule has 1 amide bonds. The highest BCUT2D eigenvalue weighted by molar-refractivity contribution is 7.87. The minimum Gasteiger partial charge on any atom is -0.325 e. The SMILES string of the molecule is O=C(CN1CCN(Cc2ccccc2)S1(=O)=O)Nc1cccc(F)c1. The van der Waals surface area contributed by atoms with Crippen molar-refractivity contribution in [3.05, 3.63) is 66.0 Å². The Balaban J connectivity index is 1.62. The van der Waals surface area contributed by atoms with Crippen molar-refractivity contribution in [2.45, 2.75) is 6.54 Å². The van der Waals surface area contributed by atoms with Crippen LogP contribution in [0.25, 0.3) is 0 Å². The Morgan fingerprint density at radius 2 is 1.76 bits per heavy atom. The topological polar surface area (TPSA) is 69.7 Å². The molecule has 1 fully saturated rings. The molecule has 0 radical (unpaired) electrons. The van der Waals surface area contributed by atoms with Crippen molar-refractivity contribution in [1.29, 1.82) is 0 Å². The van der Waals surface area contributed by atoms with Gasteiger partial charge in [0.25, 0.3) is 10.2 Å². The number of benzene rings is 2. The van der Waals surface area contributed by atoms with Crippen LogP contribution < -0.4 is 5.32 Å². The van der Waals surface area contributed by atoms with E-state index in [9.17, 15) is 17.6 Å². The number of amides is 1. The normalized spacial score (nSPS) is 17.5. The van der Waals surface area contributed by atoms with Crippen LogP contribution in [-0.2, 0) is 21.5 Å².